The van der Waals surface area contributed by atoms with Crippen molar-refractivity contribution in [1.29, 1.82) is 0 Å². The molecule has 0 amide bonds. The smallest absolute Gasteiger partial charge is 0.123 e. The molecule has 1 unspecified atom stereocenters. The predicted octanol–water partition coefficient (Wildman–Crippen LogP) is 3.30. The molecular weight excluding hydrogens is 260 g/mol. The molecular formula is C18H30N2O. The van der Waals surface area contributed by atoms with Gasteiger partial charge in [0.05, 0.1) is 7.11 Å². The van der Waals surface area contributed by atoms with Gasteiger partial charge in [0.2, 0.25) is 0 Å². The van der Waals surface area contributed by atoms with Crippen LogP contribution in [-0.2, 0) is 19.5 Å². The molecule has 0 N–H and O–H groups in total. The molecule has 0 aliphatic carbocycles. The molecule has 0 spiro atoms. The Morgan fingerprint density at radius 2 is 1.90 bits per heavy atom. The van der Waals surface area contributed by atoms with Gasteiger partial charge in [0.25, 0.3) is 0 Å². The Balaban J connectivity index is 2.30. The molecule has 0 radical (unpaired) electrons. The third kappa shape index (κ3) is 3.58. The summed E-state index contributed by atoms with van der Waals surface area (Å²) in [7, 11) is 4.02. The van der Waals surface area contributed by atoms with Crippen molar-refractivity contribution in [3.05, 3.63) is 28.8 Å². The predicted molar refractivity (Wildman–Crippen MR) is 88.9 cm³/mol. The van der Waals surface area contributed by atoms with Crippen molar-refractivity contribution in [2.24, 2.45) is 0 Å². The van der Waals surface area contributed by atoms with Crippen molar-refractivity contribution in [2.75, 3.05) is 27.2 Å². The van der Waals surface area contributed by atoms with Gasteiger partial charge in [-0.1, -0.05) is 26.8 Å². The lowest BCUT2D eigenvalue weighted by atomic mass is 9.91. The molecule has 0 bridgehead atoms. The first-order chi connectivity index (χ1) is 10.1. The van der Waals surface area contributed by atoms with Crippen LogP contribution in [-0.4, -0.2) is 43.1 Å². The van der Waals surface area contributed by atoms with E-state index >= 15 is 0 Å². The van der Waals surface area contributed by atoms with E-state index in [2.05, 4.69) is 49.8 Å². The maximum absolute atomic E-state index is 5.64. The Kier molecular flexibility index (Phi) is 5.65. The summed E-state index contributed by atoms with van der Waals surface area (Å²) < 4.78 is 5.64. The number of rotatable bonds is 6. The van der Waals surface area contributed by atoms with Crippen molar-refractivity contribution in [3.8, 4) is 5.75 Å². The minimum absolute atomic E-state index is 0.673. The molecule has 1 aromatic carbocycles. The van der Waals surface area contributed by atoms with Gasteiger partial charge in [-0.3, -0.25) is 9.80 Å². The number of likely N-dealkylation sites (N-methyl/N-ethyl adjacent to an activating group) is 1. The topological polar surface area (TPSA) is 15.7 Å². The van der Waals surface area contributed by atoms with E-state index in [1.165, 1.54) is 23.1 Å². The Labute approximate surface area is 129 Å². The third-order valence-corrected chi connectivity index (χ3v) is 4.86. The molecule has 0 aromatic heterocycles. The first kappa shape index (κ1) is 16.3. The van der Waals surface area contributed by atoms with Crippen LogP contribution in [0.15, 0.2) is 12.1 Å². The number of hydrogen-bond acceptors (Lipinski definition) is 3. The largest absolute Gasteiger partial charge is 0.496 e. The number of benzene rings is 1. The quantitative estimate of drug-likeness (QED) is 0.799. The van der Waals surface area contributed by atoms with Crippen LogP contribution in [0.2, 0.25) is 0 Å². The van der Waals surface area contributed by atoms with Crippen LogP contribution in [0.4, 0.5) is 0 Å². The Bertz CT molecular complexity index is 469. The minimum Gasteiger partial charge on any atom is -0.496 e. The van der Waals surface area contributed by atoms with E-state index in [1.54, 1.807) is 7.11 Å². The number of fused-ring (bicyclic) bond motifs is 1. The van der Waals surface area contributed by atoms with E-state index in [9.17, 15) is 0 Å². The lowest BCUT2D eigenvalue weighted by Crippen LogP contribution is -2.37. The number of hydrogen-bond donors (Lipinski definition) is 0. The van der Waals surface area contributed by atoms with E-state index < -0.39 is 0 Å². The maximum Gasteiger partial charge on any atom is 0.123 e. The summed E-state index contributed by atoms with van der Waals surface area (Å²) in [5.41, 5.74) is 4.28. The van der Waals surface area contributed by atoms with Gasteiger partial charge in [0, 0.05) is 24.7 Å². The second-order valence-corrected chi connectivity index (χ2v) is 6.08. The van der Waals surface area contributed by atoms with E-state index in [0.717, 1.165) is 38.3 Å². The maximum atomic E-state index is 5.64. The standard InChI is InChI=1S/C18H30N2O/c1-6-17-10-14-9-16(13-20(7-2)8-3)18(21-5)11-15(14)12-19(17)4/h9,11,17H,6-8,10,12-13H2,1-5H3. The summed E-state index contributed by atoms with van der Waals surface area (Å²) in [5.74, 6) is 1.05. The molecule has 0 fully saturated rings. The first-order valence-electron chi connectivity index (χ1n) is 8.24. The molecule has 1 atom stereocenters. The number of ether oxygens (including phenoxy) is 1. The van der Waals surface area contributed by atoms with E-state index in [1.807, 2.05) is 0 Å². The highest BCUT2D eigenvalue weighted by molar-refractivity contribution is 5.44. The molecule has 0 saturated heterocycles. The molecule has 3 nitrogen and oxygen atoms in total. The highest BCUT2D eigenvalue weighted by atomic mass is 16.5. The summed E-state index contributed by atoms with van der Waals surface area (Å²) >= 11 is 0. The van der Waals surface area contributed by atoms with Crippen LogP contribution in [0.1, 0.15) is 43.9 Å². The van der Waals surface area contributed by atoms with E-state index in [0.29, 0.717) is 6.04 Å². The van der Waals surface area contributed by atoms with Crippen molar-refractivity contribution in [3.63, 3.8) is 0 Å². The van der Waals surface area contributed by atoms with Gasteiger partial charge in [0.15, 0.2) is 0 Å². The molecule has 2 rings (SSSR count). The second-order valence-electron chi connectivity index (χ2n) is 6.08. The van der Waals surface area contributed by atoms with Gasteiger partial charge in [0.1, 0.15) is 5.75 Å². The molecule has 1 heterocycles. The van der Waals surface area contributed by atoms with Crippen LogP contribution in [0.5, 0.6) is 5.75 Å². The van der Waals surface area contributed by atoms with Crippen molar-refractivity contribution < 1.29 is 4.74 Å². The lowest BCUT2D eigenvalue weighted by Gasteiger charge is -2.34. The lowest BCUT2D eigenvalue weighted by molar-refractivity contribution is 0.209. The van der Waals surface area contributed by atoms with Crippen LogP contribution in [0.25, 0.3) is 0 Å². The van der Waals surface area contributed by atoms with Crippen LogP contribution in [0.3, 0.4) is 0 Å². The first-order valence-corrected chi connectivity index (χ1v) is 8.24. The summed E-state index contributed by atoms with van der Waals surface area (Å²) in [6.07, 6.45) is 2.38. The normalized spacial score (nSPS) is 18.9. The third-order valence-electron chi connectivity index (χ3n) is 4.86. The van der Waals surface area contributed by atoms with Gasteiger partial charge in [-0.25, -0.2) is 0 Å². The Morgan fingerprint density at radius 3 is 2.48 bits per heavy atom. The summed E-state index contributed by atoms with van der Waals surface area (Å²) in [4.78, 5) is 4.91. The number of methoxy groups -OCH3 is 1. The average Bonchev–Trinajstić information content (AvgIpc) is 2.51. The van der Waals surface area contributed by atoms with Gasteiger partial charge in [-0.2, -0.15) is 0 Å². The SMILES string of the molecule is CCC1Cc2cc(CN(CC)CC)c(OC)cc2CN1C. The monoisotopic (exact) mass is 290 g/mol. The van der Waals surface area contributed by atoms with Crippen molar-refractivity contribution in [1.82, 2.24) is 9.80 Å². The van der Waals surface area contributed by atoms with E-state index in [4.69, 9.17) is 4.74 Å². The minimum atomic E-state index is 0.673. The summed E-state index contributed by atoms with van der Waals surface area (Å²) in [6.45, 7) is 10.9. The number of nitrogens with zero attached hydrogens (tertiary/aromatic N) is 2. The summed E-state index contributed by atoms with van der Waals surface area (Å²) in [6, 6.07) is 5.32. The fraction of sp³-hybridized carbons (Fsp3) is 0.667. The summed E-state index contributed by atoms with van der Waals surface area (Å²) in [5, 5.41) is 0. The van der Waals surface area contributed by atoms with Crippen LogP contribution >= 0.6 is 0 Å². The van der Waals surface area contributed by atoms with Gasteiger partial charge in [-0.05, 0) is 50.2 Å². The van der Waals surface area contributed by atoms with Crippen molar-refractivity contribution in [2.45, 2.75) is 52.7 Å². The van der Waals surface area contributed by atoms with Crippen LogP contribution in [0, 0.1) is 0 Å². The zero-order valence-electron chi connectivity index (χ0n) is 14.3. The van der Waals surface area contributed by atoms with Gasteiger partial charge < -0.3 is 4.74 Å². The molecule has 1 aromatic rings. The molecule has 3 heteroatoms. The fourth-order valence-corrected chi connectivity index (χ4v) is 3.32. The van der Waals surface area contributed by atoms with Crippen molar-refractivity contribution >= 4 is 0 Å². The molecule has 0 saturated carbocycles. The Morgan fingerprint density at radius 1 is 1.19 bits per heavy atom. The highest BCUT2D eigenvalue weighted by Gasteiger charge is 2.23. The van der Waals surface area contributed by atoms with Gasteiger partial charge >= 0.3 is 0 Å². The van der Waals surface area contributed by atoms with Crippen LogP contribution < -0.4 is 4.74 Å². The molecule has 118 valence electrons. The average molecular weight is 290 g/mol. The zero-order chi connectivity index (χ0) is 15.4. The molecule has 1 aliphatic rings. The molecule has 21 heavy (non-hydrogen) atoms. The fourth-order valence-electron chi connectivity index (χ4n) is 3.32. The van der Waals surface area contributed by atoms with Gasteiger partial charge in [-0.15, -0.1) is 0 Å². The van der Waals surface area contributed by atoms with E-state index in [-0.39, 0.29) is 0 Å². The zero-order valence-corrected chi connectivity index (χ0v) is 14.3. The highest BCUT2D eigenvalue weighted by Crippen LogP contribution is 2.31. The Hall–Kier alpha value is -1.06. The molecule has 1 aliphatic heterocycles. The second kappa shape index (κ2) is 7.28.